The quantitative estimate of drug-likeness (QED) is 0.674. The molecule has 1 aliphatic carbocycles. The summed E-state index contributed by atoms with van der Waals surface area (Å²) in [5.41, 5.74) is 1.97. The molecule has 6 heteroatoms. The number of aromatic amines is 2. The summed E-state index contributed by atoms with van der Waals surface area (Å²) in [7, 11) is 0. The zero-order valence-corrected chi connectivity index (χ0v) is 13.9. The van der Waals surface area contributed by atoms with Crippen molar-refractivity contribution in [1.29, 1.82) is 0 Å². The number of nitrogens with one attached hydrogen (secondary N) is 4. The van der Waals surface area contributed by atoms with Gasteiger partial charge in [-0.25, -0.2) is 4.79 Å². The van der Waals surface area contributed by atoms with Crippen molar-refractivity contribution in [3.8, 4) is 0 Å². The summed E-state index contributed by atoms with van der Waals surface area (Å²) in [6, 6.07) is 5.43. The first-order chi connectivity index (χ1) is 11.7. The zero-order chi connectivity index (χ0) is 16.5. The molecule has 1 aromatic heterocycles. The summed E-state index contributed by atoms with van der Waals surface area (Å²) in [5, 5.41) is 2.97. The fraction of sp³-hybridized carbons (Fsp3) is 0.556. The highest BCUT2D eigenvalue weighted by Crippen LogP contribution is 2.32. The van der Waals surface area contributed by atoms with E-state index in [2.05, 4.69) is 15.3 Å². The molecule has 2 heterocycles. The van der Waals surface area contributed by atoms with Crippen LogP contribution in [0.1, 0.15) is 32.1 Å². The number of imidazole rings is 1. The van der Waals surface area contributed by atoms with Gasteiger partial charge in [0.25, 0.3) is 5.91 Å². The number of hydrogen-bond acceptors (Lipinski definition) is 2. The van der Waals surface area contributed by atoms with Crippen LogP contribution in [-0.2, 0) is 4.79 Å². The standard InChI is InChI=1S/C18H24N4O2/c23-17(11-22-8-7-12-3-1-2-4-13(12)10-22)19-14-5-6-15-16(9-14)21-18(24)20-15/h5-6,9,12-13H,1-4,7-8,10-11H2,(H,19,23)(H2,20,21,24)/p+1/t12-,13-/m1/s1. The van der Waals surface area contributed by atoms with E-state index in [9.17, 15) is 9.59 Å². The molecule has 128 valence electrons. The highest BCUT2D eigenvalue weighted by atomic mass is 16.2. The number of carbonyl (C=O) groups excluding carboxylic acids is 1. The van der Waals surface area contributed by atoms with E-state index < -0.39 is 0 Å². The molecule has 0 spiro atoms. The number of amides is 1. The lowest BCUT2D eigenvalue weighted by Crippen LogP contribution is -3.15. The Morgan fingerprint density at radius 1 is 1.12 bits per heavy atom. The molecule has 1 aliphatic heterocycles. The number of carbonyl (C=O) groups is 1. The third-order valence-corrected chi connectivity index (χ3v) is 5.70. The van der Waals surface area contributed by atoms with Gasteiger partial charge in [0.15, 0.2) is 6.54 Å². The topological polar surface area (TPSA) is 82.2 Å². The lowest BCUT2D eigenvalue weighted by molar-refractivity contribution is -0.902. The Morgan fingerprint density at radius 2 is 1.92 bits per heavy atom. The lowest BCUT2D eigenvalue weighted by Gasteiger charge is -2.38. The summed E-state index contributed by atoms with van der Waals surface area (Å²) in [4.78, 5) is 30.5. The van der Waals surface area contributed by atoms with Crippen molar-refractivity contribution >= 4 is 22.6 Å². The van der Waals surface area contributed by atoms with Crippen LogP contribution in [0.3, 0.4) is 0 Å². The van der Waals surface area contributed by atoms with Crippen molar-refractivity contribution in [3.05, 3.63) is 28.7 Å². The maximum Gasteiger partial charge on any atom is 0.323 e. The van der Waals surface area contributed by atoms with Crippen molar-refractivity contribution in [1.82, 2.24) is 9.97 Å². The predicted molar refractivity (Wildman–Crippen MR) is 93.2 cm³/mol. The third-order valence-electron chi connectivity index (χ3n) is 5.70. The number of fused-ring (bicyclic) bond motifs is 2. The van der Waals surface area contributed by atoms with Crippen molar-refractivity contribution in [2.45, 2.75) is 32.1 Å². The number of piperidine rings is 1. The number of aromatic nitrogens is 2. The number of H-pyrrole nitrogens is 2. The van der Waals surface area contributed by atoms with E-state index in [1.165, 1.54) is 37.0 Å². The molecule has 4 rings (SSSR count). The number of benzene rings is 1. The van der Waals surface area contributed by atoms with E-state index in [0.29, 0.717) is 12.1 Å². The average Bonchev–Trinajstić information content (AvgIpc) is 2.94. The second-order valence-electron chi connectivity index (χ2n) is 7.36. The monoisotopic (exact) mass is 329 g/mol. The maximum atomic E-state index is 12.4. The van der Waals surface area contributed by atoms with E-state index >= 15 is 0 Å². The van der Waals surface area contributed by atoms with Gasteiger partial charge in [0.05, 0.1) is 24.1 Å². The SMILES string of the molecule is O=C(C[NH+]1CC[C@H]2CCCC[C@@H]2C1)Nc1ccc2[nH]c(=O)[nH]c2c1. The second kappa shape index (κ2) is 6.43. The highest BCUT2D eigenvalue weighted by Gasteiger charge is 2.34. The number of rotatable bonds is 3. The molecule has 4 N–H and O–H groups in total. The second-order valence-corrected chi connectivity index (χ2v) is 7.36. The van der Waals surface area contributed by atoms with Crippen molar-refractivity contribution in [2.75, 3.05) is 25.0 Å². The maximum absolute atomic E-state index is 12.4. The molecular formula is C18H25N4O2+. The highest BCUT2D eigenvalue weighted by molar-refractivity contribution is 5.93. The number of anilines is 1. The van der Waals surface area contributed by atoms with Crippen LogP contribution in [0, 0.1) is 11.8 Å². The van der Waals surface area contributed by atoms with Gasteiger partial charge < -0.3 is 20.2 Å². The number of hydrogen-bond donors (Lipinski definition) is 4. The van der Waals surface area contributed by atoms with E-state index in [-0.39, 0.29) is 11.6 Å². The van der Waals surface area contributed by atoms with Gasteiger partial charge in [-0.1, -0.05) is 12.8 Å². The Labute approximate surface area is 140 Å². The minimum atomic E-state index is -0.228. The summed E-state index contributed by atoms with van der Waals surface area (Å²) >= 11 is 0. The first kappa shape index (κ1) is 15.4. The Balaban J connectivity index is 1.36. The van der Waals surface area contributed by atoms with E-state index in [1.54, 1.807) is 6.07 Å². The molecule has 1 saturated carbocycles. The van der Waals surface area contributed by atoms with Crippen LogP contribution in [0.15, 0.2) is 23.0 Å². The molecule has 0 radical (unpaired) electrons. The molecular weight excluding hydrogens is 304 g/mol. The summed E-state index contributed by atoms with van der Waals surface area (Å²) < 4.78 is 0. The third kappa shape index (κ3) is 3.24. The van der Waals surface area contributed by atoms with E-state index in [4.69, 9.17) is 0 Å². The van der Waals surface area contributed by atoms with Crippen LogP contribution in [-0.4, -0.2) is 35.5 Å². The molecule has 2 aromatic rings. The fourth-order valence-corrected chi connectivity index (χ4v) is 4.50. The van der Waals surface area contributed by atoms with Crippen LogP contribution in [0.4, 0.5) is 5.69 Å². The van der Waals surface area contributed by atoms with Crippen molar-refractivity contribution in [2.24, 2.45) is 11.8 Å². The van der Waals surface area contributed by atoms with Crippen LogP contribution < -0.4 is 15.9 Å². The van der Waals surface area contributed by atoms with Gasteiger partial charge in [0.2, 0.25) is 0 Å². The molecule has 1 aromatic carbocycles. The summed E-state index contributed by atoms with van der Waals surface area (Å²) in [6.07, 6.45) is 6.74. The van der Waals surface area contributed by atoms with E-state index in [1.807, 2.05) is 12.1 Å². The van der Waals surface area contributed by atoms with Crippen molar-refractivity contribution in [3.63, 3.8) is 0 Å². The first-order valence-corrected chi connectivity index (χ1v) is 9.03. The van der Waals surface area contributed by atoms with Gasteiger partial charge in [0, 0.05) is 11.6 Å². The molecule has 2 aliphatic rings. The largest absolute Gasteiger partial charge is 0.327 e. The smallest absolute Gasteiger partial charge is 0.323 e. The molecule has 1 saturated heterocycles. The minimum absolute atomic E-state index is 0.0523. The molecule has 6 nitrogen and oxygen atoms in total. The molecule has 1 unspecified atom stereocenters. The minimum Gasteiger partial charge on any atom is -0.327 e. The first-order valence-electron chi connectivity index (χ1n) is 9.03. The van der Waals surface area contributed by atoms with Crippen LogP contribution >= 0.6 is 0 Å². The fourth-order valence-electron chi connectivity index (χ4n) is 4.50. The molecule has 3 atom stereocenters. The number of likely N-dealkylation sites (tertiary alicyclic amines) is 1. The van der Waals surface area contributed by atoms with Crippen LogP contribution in [0.25, 0.3) is 11.0 Å². The Kier molecular flexibility index (Phi) is 4.14. The lowest BCUT2D eigenvalue weighted by atomic mass is 9.75. The number of quaternary nitrogens is 1. The predicted octanol–water partition coefficient (Wildman–Crippen LogP) is 0.890. The van der Waals surface area contributed by atoms with Crippen LogP contribution in [0.5, 0.6) is 0 Å². The zero-order valence-electron chi connectivity index (χ0n) is 13.9. The normalized spacial score (nSPS) is 26.9. The van der Waals surface area contributed by atoms with Crippen LogP contribution in [0.2, 0.25) is 0 Å². The molecule has 24 heavy (non-hydrogen) atoms. The summed E-state index contributed by atoms with van der Waals surface area (Å²) in [5.74, 6) is 1.77. The van der Waals surface area contributed by atoms with Gasteiger partial charge in [-0.2, -0.15) is 0 Å². The van der Waals surface area contributed by atoms with Gasteiger partial charge in [-0.15, -0.1) is 0 Å². The van der Waals surface area contributed by atoms with Gasteiger partial charge in [0.1, 0.15) is 0 Å². The van der Waals surface area contributed by atoms with Gasteiger partial charge in [-0.05, 0) is 43.4 Å². The Bertz CT molecular complexity index is 794. The van der Waals surface area contributed by atoms with Gasteiger partial charge in [-0.3, -0.25) is 4.79 Å². The van der Waals surface area contributed by atoms with Gasteiger partial charge >= 0.3 is 5.69 Å². The molecule has 0 bridgehead atoms. The van der Waals surface area contributed by atoms with E-state index in [0.717, 1.165) is 36.1 Å². The summed E-state index contributed by atoms with van der Waals surface area (Å²) in [6.45, 7) is 2.78. The van der Waals surface area contributed by atoms with Crippen molar-refractivity contribution < 1.29 is 9.69 Å². The average molecular weight is 329 g/mol. The Hall–Kier alpha value is -2.08. The molecule has 1 amide bonds. The Morgan fingerprint density at radius 3 is 2.79 bits per heavy atom. The molecule has 2 fully saturated rings.